The Kier molecular flexibility index (Phi) is 3.96. The number of nitrogens with zero attached hydrogens (tertiary/aromatic N) is 2. The summed E-state index contributed by atoms with van der Waals surface area (Å²) in [5.41, 5.74) is 1.16. The molecule has 0 fully saturated rings. The Morgan fingerprint density at radius 3 is 3.00 bits per heavy atom. The molecule has 0 spiro atoms. The lowest BCUT2D eigenvalue weighted by Crippen LogP contribution is -3.06. The minimum absolute atomic E-state index is 0. The van der Waals surface area contributed by atoms with Crippen LogP contribution in [0.5, 0.6) is 0 Å². The van der Waals surface area contributed by atoms with Crippen molar-refractivity contribution in [3.63, 3.8) is 0 Å². The van der Waals surface area contributed by atoms with Gasteiger partial charge in [0.1, 0.15) is 6.20 Å². The van der Waals surface area contributed by atoms with Crippen LogP contribution in [0.1, 0.15) is 0 Å². The number of hydrogen-bond donors (Lipinski definition) is 1. The van der Waals surface area contributed by atoms with E-state index >= 15 is 0 Å². The van der Waals surface area contributed by atoms with Crippen molar-refractivity contribution in [3.8, 4) is 0 Å². The fourth-order valence-corrected chi connectivity index (χ4v) is 2.55. The topological polar surface area (TPSA) is 29.2 Å². The van der Waals surface area contributed by atoms with E-state index in [4.69, 9.17) is 0 Å². The van der Waals surface area contributed by atoms with Crippen molar-refractivity contribution < 1.29 is 17.3 Å². The third-order valence-electron chi connectivity index (χ3n) is 1.67. The molecule has 1 N–H and O–H groups in total. The molecule has 2 rings (SSSR count). The predicted molar refractivity (Wildman–Crippen MR) is 60.6 cm³/mol. The predicted octanol–water partition coefficient (Wildman–Crippen LogP) is -2.23. The Balaban J connectivity index is 0.000000845. The van der Waals surface area contributed by atoms with Crippen LogP contribution in [0.4, 0.5) is 0 Å². The smallest absolute Gasteiger partial charge is 0.273 e. The van der Waals surface area contributed by atoms with Crippen LogP contribution in [0.3, 0.4) is 0 Å². The van der Waals surface area contributed by atoms with E-state index in [1.807, 2.05) is 18.7 Å². The Morgan fingerprint density at radius 2 is 2.31 bits per heavy atom. The van der Waals surface area contributed by atoms with Gasteiger partial charge >= 0.3 is 0 Å². The maximum atomic E-state index is 4.42. The molecule has 0 aromatic rings. The van der Waals surface area contributed by atoms with E-state index in [1.54, 1.807) is 18.0 Å². The van der Waals surface area contributed by atoms with E-state index in [0.717, 1.165) is 14.6 Å². The first-order valence-corrected chi connectivity index (χ1v) is 5.73. The molecule has 13 heavy (non-hydrogen) atoms. The number of hydrogen-bond acceptors (Lipinski definition) is 3. The average Bonchev–Trinajstić information content (AvgIpc) is 2.44. The molecule has 0 aliphatic carbocycles. The van der Waals surface area contributed by atoms with Crippen LogP contribution in [-0.4, -0.2) is 16.3 Å². The number of fused-ring (bicyclic) bond motifs is 1. The average molecular weight is 328 g/mol. The van der Waals surface area contributed by atoms with E-state index in [0.29, 0.717) is 0 Å². The number of halogens is 2. The SMILES string of the molecule is CSC1=C2C=NC=C[NH+]2C(I)=N1.[Cl-]. The Labute approximate surface area is 101 Å². The molecule has 1 atom stereocenters. The largest absolute Gasteiger partial charge is 1.00 e. The standard InChI is InChI=1S/C7H6IN3S.ClH/c1-12-6-5-4-9-2-3-11(5)7(8)10-6;/h2-4H,1H3;1H. The Bertz CT molecular complexity index is 335. The number of quaternary nitrogens is 1. The van der Waals surface area contributed by atoms with Gasteiger partial charge in [-0.2, -0.15) is 4.99 Å². The van der Waals surface area contributed by atoms with Gasteiger partial charge in [-0.05, 0) is 6.26 Å². The summed E-state index contributed by atoms with van der Waals surface area (Å²) in [6, 6.07) is 0. The second-order valence-corrected chi connectivity index (χ2v) is 4.15. The van der Waals surface area contributed by atoms with Gasteiger partial charge in [-0.25, -0.2) is 4.90 Å². The highest BCUT2D eigenvalue weighted by molar-refractivity contribution is 14.1. The third-order valence-corrected chi connectivity index (χ3v) is 3.19. The first-order valence-electron chi connectivity index (χ1n) is 3.43. The second kappa shape index (κ2) is 4.59. The van der Waals surface area contributed by atoms with Gasteiger partial charge < -0.3 is 12.4 Å². The third kappa shape index (κ3) is 1.98. The fourth-order valence-electron chi connectivity index (χ4n) is 1.11. The molecule has 0 aromatic heterocycles. The van der Waals surface area contributed by atoms with E-state index < -0.39 is 0 Å². The van der Waals surface area contributed by atoms with Gasteiger partial charge in [-0.1, -0.05) is 0 Å². The normalized spacial score (nSPS) is 24.2. The number of thioether (sulfide) groups is 1. The molecule has 0 radical (unpaired) electrons. The highest BCUT2D eigenvalue weighted by atomic mass is 127. The molecule has 0 saturated carbocycles. The molecule has 2 aliphatic rings. The van der Waals surface area contributed by atoms with Crippen molar-refractivity contribution in [2.45, 2.75) is 0 Å². The van der Waals surface area contributed by atoms with Crippen LogP contribution in [0, 0.1) is 0 Å². The molecular weight excluding hydrogens is 321 g/mol. The minimum Gasteiger partial charge on any atom is -1.00 e. The summed E-state index contributed by atoms with van der Waals surface area (Å²) in [4.78, 5) is 9.70. The molecule has 70 valence electrons. The maximum Gasteiger partial charge on any atom is 0.273 e. The van der Waals surface area contributed by atoms with Crippen molar-refractivity contribution in [1.29, 1.82) is 0 Å². The van der Waals surface area contributed by atoms with E-state index in [9.17, 15) is 0 Å². The lowest BCUT2D eigenvalue weighted by molar-refractivity contribution is -0.683. The molecule has 0 bridgehead atoms. The molecule has 6 heteroatoms. The fraction of sp³-hybridized carbons (Fsp3) is 0.143. The molecule has 0 aromatic carbocycles. The summed E-state index contributed by atoms with van der Waals surface area (Å²) >= 11 is 3.91. The van der Waals surface area contributed by atoms with Crippen LogP contribution in [0.25, 0.3) is 0 Å². The lowest BCUT2D eigenvalue weighted by Gasteiger charge is -2.08. The highest BCUT2D eigenvalue weighted by Crippen LogP contribution is 2.19. The molecule has 0 amide bonds. The van der Waals surface area contributed by atoms with Crippen LogP contribution < -0.4 is 17.3 Å². The summed E-state index contributed by atoms with van der Waals surface area (Å²) in [5, 5.41) is 1.07. The monoisotopic (exact) mass is 327 g/mol. The molecule has 0 saturated heterocycles. The van der Waals surface area contributed by atoms with Crippen LogP contribution in [0.2, 0.25) is 0 Å². The first-order chi connectivity index (χ1) is 5.83. The maximum absolute atomic E-state index is 4.42. The summed E-state index contributed by atoms with van der Waals surface area (Å²) in [7, 11) is 0. The van der Waals surface area contributed by atoms with E-state index in [2.05, 4.69) is 32.6 Å². The van der Waals surface area contributed by atoms with E-state index in [-0.39, 0.29) is 12.4 Å². The van der Waals surface area contributed by atoms with E-state index in [1.165, 1.54) is 4.90 Å². The first kappa shape index (κ1) is 11.2. The Morgan fingerprint density at radius 1 is 1.54 bits per heavy atom. The highest BCUT2D eigenvalue weighted by Gasteiger charge is 2.29. The van der Waals surface area contributed by atoms with Crippen molar-refractivity contribution in [3.05, 3.63) is 23.1 Å². The molecule has 2 aliphatic heterocycles. The van der Waals surface area contributed by atoms with Gasteiger partial charge in [-0.15, -0.1) is 11.8 Å². The van der Waals surface area contributed by atoms with Gasteiger partial charge in [0.25, 0.3) is 3.84 Å². The quantitative estimate of drug-likeness (QED) is 0.429. The Hall–Kier alpha value is 0.150. The molecule has 1 unspecified atom stereocenters. The van der Waals surface area contributed by atoms with Crippen LogP contribution in [0.15, 0.2) is 33.1 Å². The zero-order valence-corrected chi connectivity index (χ0v) is 10.5. The van der Waals surface area contributed by atoms with Gasteiger partial charge in [0.2, 0.25) is 0 Å². The van der Waals surface area contributed by atoms with Crippen LogP contribution >= 0.6 is 34.4 Å². The van der Waals surface area contributed by atoms with Gasteiger partial charge in [0.05, 0.1) is 35.0 Å². The summed E-state index contributed by atoms with van der Waals surface area (Å²) in [5.74, 6) is 0. The van der Waals surface area contributed by atoms with Gasteiger partial charge in [-0.3, -0.25) is 4.99 Å². The van der Waals surface area contributed by atoms with Crippen LogP contribution in [-0.2, 0) is 0 Å². The number of aliphatic imine (C=N–C) groups is 2. The number of rotatable bonds is 1. The van der Waals surface area contributed by atoms with Gasteiger partial charge in [0.15, 0.2) is 10.7 Å². The van der Waals surface area contributed by atoms with Crippen molar-refractivity contribution >= 4 is 44.4 Å². The second-order valence-electron chi connectivity index (χ2n) is 2.33. The van der Waals surface area contributed by atoms with Crippen molar-refractivity contribution in [2.75, 3.05) is 6.26 Å². The van der Waals surface area contributed by atoms with Crippen molar-refractivity contribution in [1.82, 2.24) is 0 Å². The minimum atomic E-state index is 0. The number of allylic oxidation sites excluding steroid dienone is 1. The number of nitrogens with one attached hydrogen (secondary N) is 1. The molecule has 2 heterocycles. The molecular formula is C7H7ClIN3S. The summed E-state index contributed by atoms with van der Waals surface area (Å²) in [6.07, 6.45) is 7.71. The van der Waals surface area contributed by atoms with Crippen molar-refractivity contribution in [2.24, 2.45) is 9.98 Å². The summed E-state index contributed by atoms with van der Waals surface area (Å²) < 4.78 is 1.06. The zero-order chi connectivity index (χ0) is 8.55. The zero-order valence-electron chi connectivity index (χ0n) is 6.79. The molecule has 3 nitrogen and oxygen atoms in total. The number of amidine groups is 1. The summed E-state index contributed by atoms with van der Waals surface area (Å²) in [6.45, 7) is 0. The van der Waals surface area contributed by atoms with Gasteiger partial charge in [0, 0.05) is 0 Å². The lowest BCUT2D eigenvalue weighted by atomic mass is 10.4.